The van der Waals surface area contributed by atoms with Crippen LogP contribution in [0.15, 0.2) is 30.3 Å². The number of hydrogen-bond acceptors (Lipinski definition) is 1. The Morgan fingerprint density at radius 3 is 2.33 bits per heavy atom. The number of anilines is 1. The summed E-state index contributed by atoms with van der Waals surface area (Å²) >= 11 is 0. The molecule has 21 heavy (non-hydrogen) atoms. The number of nitrogens with zero attached hydrogens (tertiary/aromatic N) is 1. The van der Waals surface area contributed by atoms with Gasteiger partial charge in [0.25, 0.3) is 5.91 Å². The van der Waals surface area contributed by atoms with Gasteiger partial charge in [0, 0.05) is 24.1 Å². The Bertz CT molecular complexity index is 638. The Labute approximate surface area is 127 Å². The third-order valence-electron chi connectivity index (χ3n) is 4.37. The highest BCUT2D eigenvalue weighted by molar-refractivity contribution is 6.05. The van der Waals surface area contributed by atoms with Crippen molar-refractivity contribution in [3.05, 3.63) is 52.8 Å². The van der Waals surface area contributed by atoms with Crippen molar-refractivity contribution in [3.8, 4) is 0 Å². The van der Waals surface area contributed by atoms with Crippen molar-refractivity contribution in [2.24, 2.45) is 7.05 Å². The van der Waals surface area contributed by atoms with Gasteiger partial charge >= 0.3 is 0 Å². The minimum Gasteiger partial charge on any atom is -0.351 e. The lowest BCUT2D eigenvalue weighted by molar-refractivity contribution is 0.102. The van der Waals surface area contributed by atoms with Crippen LogP contribution in [0.1, 0.15) is 53.5 Å². The monoisotopic (exact) mass is 284 g/mol. The standard InChI is InChI=1S/C18H24N2O/c1-6-12(2)15-7-9-16(10-8-15)19-18(21)17-11-13(3)20(5)14(17)4/h7-12H,6H2,1-5H3,(H,19,21)/t12-/m0/s1. The van der Waals surface area contributed by atoms with Gasteiger partial charge in [0.15, 0.2) is 0 Å². The molecule has 0 aliphatic carbocycles. The van der Waals surface area contributed by atoms with Crippen molar-refractivity contribution in [2.75, 3.05) is 5.32 Å². The molecule has 1 heterocycles. The highest BCUT2D eigenvalue weighted by atomic mass is 16.1. The van der Waals surface area contributed by atoms with Crippen molar-refractivity contribution >= 4 is 11.6 Å². The van der Waals surface area contributed by atoms with Crippen molar-refractivity contribution in [3.63, 3.8) is 0 Å². The van der Waals surface area contributed by atoms with Gasteiger partial charge in [0.05, 0.1) is 5.56 Å². The largest absolute Gasteiger partial charge is 0.351 e. The third kappa shape index (κ3) is 3.18. The van der Waals surface area contributed by atoms with E-state index in [1.165, 1.54) is 5.56 Å². The number of hydrogen-bond donors (Lipinski definition) is 1. The van der Waals surface area contributed by atoms with Crippen LogP contribution in [0.3, 0.4) is 0 Å². The van der Waals surface area contributed by atoms with Gasteiger partial charge in [0.2, 0.25) is 0 Å². The van der Waals surface area contributed by atoms with Gasteiger partial charge in [0.1, 0.15) is 0 Å². The molecule has 1 N–H and O–H groups in total. The second-order valence-corrected chi connectivity index (χ2v) is 5.73. The van der Waals surface area contributed by atoms with Gasteiger partial charge in [-0.15, -0.1) is 0 Å². The van der Waals surface area contributed by atoms with Gasteiger partial charge in [-0.2, -0.15) is 0 Å². The van der Waals surface area contributed by atoms with E-state index in [-0.39, 0.29) is 5.91 Å². The minimum atomic E-state index is -0.0486. The third-order valence-corrected chi connectivity index (χ3v) is 4.37. The number of nitrogens with one attached hydrogen (secondary N) is 1. The summed E-state index contributed by atoms with van der Waals surface area (Å²) < 4.78 is 2.03. The molecule has 0 unspecified atom stereocenters. The number of amides is 1. The van der Waals surface area contributed by atoms with E-state index in [0.29, 0.717) is 5.92 Å². The maximum absolute atomic E-state index is 12.4. The van der Waals surface area contributed by atoms with E-state index in [0.717, 1.165) is 29.1 Å². The quantitative estimate of drug-likeness (QED) is 0.886. The predicted octanol–water partition coefficient (Wildman–Crippen LogP) is 4.41. The first-order chi connectivity index (χ1) is 9.93. The Kier molecular flexibility index (Phi) is 4.51. The van der Waals surface area contributed by atoms with Crippen LogP contribution in [0, 0.1) is 13.8 Å². The van der Waals surface area contributed by atoms with Crippen molar-refractivity contribution < 1.29 is 4.79 Å². The van der Waals surface area contributed by atoms with E-state index in [2.05, 4.69) is 31.3 Å². The number of aromatic nitrogens is 1. The molecule has 0 fully saturated rings. The van der Waals surface area contributed by atoms with Crippen LogP contribution < -0.4 is 5.32 Å². The van der Waals surface area contributed by atoms with Crippen LogP contribution >= 0.6 is 0 Å². The summed E-state index contributed by atoms with van der Waals surface area (Å²) in [5.74, 6) is 0.501. The minimum absolute atomic E-state index is 0.0486. The van der Waals surface area contributed by atoms with E-state index >= 15 is 0 Å². The molecule has 2 aromatic rings. The number of aryl methyl sites for hydroxylation is 1. The number of benzene rings is 1. The fraction of sp³-hybridized carbons (Fsp3) is 0.389. The average molecular weight is 284 g/mol. The van der Waals surface area contributed by atoms with E-state index < -0.39 is 0 Å². The summed E-state index contributed by atoms with van der Waals surface area (Å²) in [6.07, 6.45) is 1.12. The van der Waals surface area contributed by atoms with Crippen molar-refractivity contribution in [1.29, 1.82) is 0 Å². The molecule has 0 saturated heterocycles. The molecule has 112 valence electrons. The van der Waals surface area contributed by atoms with Crippen LogP contribution in [0.4, 0.5) is 5.69 Å². The normalized spacial score (nSPS) is 12.2. The molecule has 0 aliphatic rings. The summed E-state index contributed by atoms with van der Waals surface area (Å²) in [6.45, 7) is 8.36. The second-order valence-electron chi connectivity index (χ2n) is 5.73. The Balaban J connectivity index is 2.14. The molecule has 1 atom stereocenters. The summed E-state index contributed by atoms with van der Waals surface area (Å²) in [5.41, 5.74) is 4.96. The van der Waals surface area contributed by atoms with Crippen LogP contribution in [-0.2, 0) is 7.05 Å². The lowest BCUT2D eigenvalue weighted by atomic mass is 9.98. The van der Waals surface area contributed by atoms with Gasteiger partial charge in [-0.1, -0.05) is 26.0 Å². The highest BCUT2D eigenvalue weighted by Gasteiger charge is 2.14. The van der Waals surface area contributed by atoms with Gasteiger partial charge in [-0.25, -0.2) is 0 Å². The maximum Gasteiger partial charge on any atom is 0.257 e. The van der Waals surface area contributed by atoms with Crippen molar-refractivity contribution in [2.45, 2.75) is 40.0 Å². The lowest BCUT2D eigenvalue weighted by Crippen LogP contribution is -2.13. The zero-order valence-electron chi connectivity index (χ0n) is 13.5. The SMILES string of the molecule is CC[C@H](C)c1ccc(NC(=O)c2cc(C)n(C)c2C)cc1. The molecule has 0 aliphatic heterocycles. The average Bonchev–Trinajstić information content (AvgIpc) is 2.75. The lowest BCUT2D eigenvalue weighted by Gasteiger charge is -2.10. The molecule has 0 spiro atoms. The molecular weight excluding hydrogens is 260 g/mol. The van der Waals surface area contributed by atoms with Crippen LogP contribution in [0.2, 0.25) is 0 Å². The summed E-state index contributed by atoms with van der Waals surface area (Å²) in [6, 6.07) is 10.1. The fourth-order valence-electron chi connectivity index (χ4n) is 2.41. The predicted molar refractivity (Wildman–Crippen MR) is 88.0 cm³/mol. The molecule has 0 bridgehead atoms. The van der Waals surface area contributed by atoms with E-state index in [4.69, 9.17) is 0 Å². The molecule has 3 heteroatoms. The van der Waals surface area contributed by atoms with E-state index in [1.807, 2.05) is 43.7 Å². The molecule has 2 rings (SSSR count). The zero-order chi connectivity index (χ0) is 15.6. The summed E-state index contributed by atoms with van der Waals surface area (Å²) in [7, 11) is 1.97. The first kappa shape index (κ1) is 15.4. The van der Waals surface area contributed by atoms with Gasteiger partial charge < -0.3 is 9.88 Å². The Morgan fingerprint density at radius 1 is 1.24 bits per heavy atom. The first-order valence-corrected chi connectivity index (χ1v) is 7.48. The van der Waals surface area contributed by atoms with Crippen LogP contribution in [0.5, 0.6) is 0 Å². The van der Waals surface area contributed by atoms with Crippen molar-refractivity contribution in [1.82, 2.24) is 4.57 Å². The number of carbonyl (C=O) groups is 1. The fourth-order valence-corrected chi connectivity index (χ4v) is 2.41. The second kappa shape index (κ2) is 6.17. The Morgan fingerprint density at radius 2 is 1.86 bits per heavy atom. The van der Waals surface area contributed by atoms with E-state index in [9.17, 15) is 4.79 Å². The smallest absolute Gasteiger partial charge is 0.257 e. The van der Waals surface area contributed by atoms with Crippen LogP contribution in [0.25, 0.3) is 0 Å². The van der Waals surface area contributed by atoms with Crippen LogP contribution in [-0.4, -0.2) is 10.5 Å². The highest BCUT2D eigenvalue weighted by Crippen LogP contribution is 2.21. The molecule has 1 aromatic carbocycles. The first-order valence-electron chi connectivity index (χ1n) is 7.48. The Hall–Kier alpha value is -2.03. The maximum atomic E-state index is 12.4. The molecule has 0 radical (unpaired) electrons. The molecule has 1 aromatic heterocycles. The zero-order valence-corrected chi connectivity index (χ0v) is 13.5. The number of rotatable bonds is 4. The molecule has 0 saturated carbocycles. The van der Waals surface area contributed by atoms with E-state index in [1.54, 1.807) is 0 Å². The topological polar surface area (TPSA) is 34.0 Å². The molecule has 1 amide bonds. The summed E-state index contributed by atoms with van der Waals surface area (Å²) in [4.78, 5) is 12.4. The molecular formula is C18H24N2O. The molecule has 3 nitrogen and oxygen atoms in total. The number of carbonyl (C=O) groups excluding carboxylic acids is 1. The van der Waals surface area contributed by atoms with Gasteiger partial charge in [-0.05, 0) is 49.9 Å². The summed E-state index contributed by atoms with van der Waals surface area (Å²) in [5, 5.41) is 2.97. The van der Waals surface area contributed by atoms with Gasteiger partial charge in [-0.3, -0.25) is 4.79 Å².